The smallest absolute Gasteiger partial charge is 0.415 e. The van der Waals surface area contributed by atoms with Crippen molar-refractivity contribution in [3.8, 4) is 0 Å². The molecule has 1 aliphatic heterocycles. The minimum atomic E-state index is -1.00. The third-order valence-electron chi connectivity index (χ3n) is 0.930. The van der Waals surface area contributed by atoms with Gasteiger partial charge in [-0.3, -0.25) is 4.90 Å². The molecule has 0 saturated heterocycles. The van der Waals surface area contributed by atoms with E-state index in [9.17, 15) is 4.79 Å². The van der Waals surface area contributed by atoms with Crippen LogP contribution in [0.3, 0.4) is 0 Å². The lowest BCUT2D eigenvalue weighted by atomic mass is 10.6. The molecule has 0 fully saturated rings. The van der Waals surface area contributed by atoms with Gasteiger partial charge in [-0.1, -0.05) is 0 Å². The Morgan fingerprint density at radius 1 is 1.80 bits per heavy atom. The molecule has 0 aromatic heterocycles. The number of carboxylic acid groups (broad SMARTS) is 1. The number of nitrogens with one attached hydrogen (secondary N) is 1. The van der Waals surface area contributed by atoms with E-state index in [4.69, 9.17) is 5.11 Å². The third-order valence-corrected chi connectivity index (χ3v) is 1.36. The van der Waals surface area contributed by atoms with E-state index in [2.05, 4.69) is 21.2 Å². The normalized spacial score (nSPS) is 16.1. The van der Waals surface area contributed by atoms with Crippen molar-refractivity contribution in [3.63, 3.8) is 0 Å². The van der Waals surface area contributed by atoms with Crippen LogP contribution in [0.15, 0.2) is 23.2 Å². The largest absolute Gasteiger partial charge is 0.464 e. The summed E-state index contributed by atoms with van der Waals surface area (Å²) < 4.78 is 0.623. The molecule has 0 unspecified atom stereocenters. The Balaban J connectivity index is 2.70. The minimum absolute atomic E-state index is 0.623. The molecule has 0 spiro atoms. The monoisotopic (exact) mass is 204 g/mol. The fourth-order valence-corrected chi connectivity index (χ4v) is 0.871. The van der Waals surface area contributed by atoms with E-state index in [1.165, 1.54) is 18.6 Å². The highest BCUT2D eigenvalue weighted by atomic mass is 79.9. The SMILES string of the molecule is O=C(O)N1C=CNC(Br)=C1. The van der Waals surface area contributed by atoms with Gasteiger partial charge in [-0.25, -0.2) is 4.79 Å². The highest BCUT2D eigenvalue weighted by Crippen LogP contribution is 2.07. The van der Waals surface area contributed by atoms with Crippen molar-refractivity contribution in [2.24, 2.45) is 0 Å². The molecule has 1 aliphatic rings. The van der Waals surface area contributed by atoms with Crippen molar-refractivity contribution < 1.29 is 9.90 Å². The van der Waals surface area contributed by atoms with Gasteiger partial charge in [-0.05, 0) is 15.9 Å². The Bertz CT molecular complexity index is 212. The van der Waals surface area contributed by atoms with Gasteiger partial charge in [0, 0.05) is 18.6 Å². The lowest BCUT2D eigenvalue weighted by Gasteiger charge is -2.13. The van der Waals surface area contributed by atoms with Gasteiger partial charge in [0.2, 0.25) is 0 Å². The zero-order valence-electron chi connectivity index (χ0n) is 4.91. The van der Waals surface area contributed by atoms with E-state index in [0.29, 0.717) is 4.61 Å². The van der Waals surface area contributed by atoms with Crippen LogP contribution in [-0.2, 0) is 0 Å². The summed E-state index contributed by atoms with van der Waals surface area (Å²) in [5.41, 5.74) is 0. The summed E-state index contributed by atoms with van der Waals surface area (Å²) in [5, 5.41) is 11.2. The van der Waals surface area contributed by atoms with Crippen LogP contribution in [0.1, 0.15) is 0 Å². The van der Waals surface area contributed by atoms with E-state index in [0.717, 1.165) is 4.90 Å². The summed E-state index contributed by atoms with van der Waals surface area (Å²) in [6, 6.07) is 0. The Hall–Kier alpha value is -0.970. The van der Waals surface area contributed by atoms with Crippen LogP contribution in [0, 0.1) is 0 Å². The summed E-state index contributed by atoms with van der Waals surface area (Å²) >= 11 is 3.09. The standard InChI is InChI=1S/C5H5BrN2O2/c6-4-3-8(5(9)10)2-1-7-4/h1-3,7H,(H,9,10). The molecule has 5 heteroatoms. The fourth-order valence-electron chi connectivity index (χ4n) is 0.519. The quantitative estimate of drug-likeness (QED) is 0.585. The molecule has 1 amide bonds. The molecule has 1 rings (SSSR count). The molecular formula is C5H5BrN2O2. The van der Waals surface area contributed by atoms with Crippen LogP contribution in [0.4, 0.5) is 4.79 Å². The van der Waals surface area contributed by atoms with Crippen molar-refractivity contribution >= 4 is 22.0 Å². The maximum absolute atomic E-state index is 10.3. The maximum Gasteiger partial charge on any atom is 0.415 e. The van der Waals surface area contributed by atoms with E-state index in [1.54, 1.807) is 0 Å². The van der Waals surface area contributed by atoms with Crippen LogP contribution in [0.25, 0.3) is 0 Å². The molecular weight excluding hydrogens is 200 g/mol. The number of rotatable bonds is 0. The van der Waals surface area contributed by atoms with Crippen molar-refractivity contribution in [2.45, 2.75) is 0 Å². The van der Waals surface area contributed by atoms with Crippen LogP contribution >= 0.6 is 15.9 Å². The first kappa shape index (κ1) is 7.14. The van der Waals surface area contributed by atoms with E-state index in [1.807, 2.05) is 0 Å². The number of amides is 1. The van der Waals surface area contributed by atoms with E-state index in [-0.39, 0.29) is 0 Å². The predicted octanol–water partition coefficient (Wildman–Crippen LogP) is 1.23. The van der Waals surface area contributed by atoms with Crippen molar-refractivity contribution in [3.05, 3.63) is 23.2 Å². The molecule has 54 valence electrons. The van der Waals surface area contributed by atoms with Crippen LogP contribution < -0.4 is 5.32 Å². The number of nitrogens with zero attached hydrogens (tertiary/aromatic N) is 1. The van der Waals surface area contributed by atoms with Gasteiger partial charge in [0.05, 0.1) is 4.61 Å². The Labute approximate surface area is 65.9 Å². The molecule has 10 heavy (non-hydrogen) atoms. The van der Waals surface area contributed by atoms with Crippen LogP contribution in [-0.4, -0.2) is 16.1 Å². The summed E-state index contributed by atoms with van der Waals surface area (Å²) in [5.74, 6) is 0. The average molecular weight is 205 g/mol. The second-order valence-corrected chi connectivity index (χ2v) is 2.48. The second-order valence-electron chi connectivity index (χ2n) is 1.63. The molecule has 0 aromatic carbocycles. The molecule has 0 bridgehead atoms. The lowest BCUT2D eigenvalue weighted by Crippen LogP contribution is -2.22. The molecule has 0 radical (unpaired) electrons. The maximum atomic E-state index is 10.3. The van der Waals surface area contributed by atoms with Gasteiger partial charge in [-0.2, -0.15) is 0 Å². The molecule has 2 N–H and O–H groups in total. The van der Waals surface area contributed by atoms with Crippen LogP contribution in [0.5, 0.6) is 0 Å². The predicted molar refractivity (Wildman–Crippen MR) is 39.1 cm³/mol. The zero-order chi connectivity index (χ0) is 7.56. The van der Waals surface area contributed by atoms with Gasteiger partial charge >= 0.3 is 6.09 Å². The molecule has 4 nitrogen and oxygen atoms in total. The van der Waals surface area contributed by atoms with Crippen molar-refractivity contribution in [1.29, 1.82) is 0 Å². The van der Waals surface area contributed by atoms with Gasteiger partial charge in [0.1, 0.15) is 0 Å². The molecule has 1 heterocycles. The molecule has 0 atom stereocenters. The molecule has 0 saturated carbocycles. The Morgan fingerprint density at radius 2 is 2.50 bits per heavy atom. The first-order valence-electron chi connectivity index (χ1n) is 2.52. The summed E-state index contributed by atoms with van der Waals surface area (Å²) in [7, 11) is 0. The van der Waals surface area contributed by atoms with Gasteiger partial charge in [-0.15, -0.1) is 0 Å². The topological polar surface area (TPSA) is 52.6 Å². The number of carbonyl (C=O) groups is 1. The number of hydrogen-bond donors (Lipinski definition) is 2. The Kier molecular flexibility index (Phi) is 1.96. The number of halogens is 1. The first-order chi connectivity index (χ1) is 4.70. The molecule has 0 aromatic rings. The molecule has 0 aliphatic carbocycles. The first-order valence-corrected chi connectivity index (χ1v) is 3.31. The Morgan fingerprint density at radius 3 is 2.90 bits per heavy atom. The fraction of sp³-hybridized carbons (Fsp3) is 0. The van der Waals surface area contributed by atoms with Gasteiger partial charge in [0.25, 0.3) is 0 Å². The average Bonchev–Trinajstić information content (AvgIpc) is 1.88. The van der Waals surface area contributed by atoms with Crippen LogP contribution in [0.2, 0.25) is 0 Å². The second kappa shape index (κ2) is 2.74. The summed E-state index contributed by atoms with van der Waals surface area (Å²) in [6.07, 6.45) is 3.35. The highest BCUT2D eigenvalue weighted by Gasteiger charge is 2.07. The van der Waals surface area contributed by atoms with E-state index < -0.39 is 6.09 Å². The zero-order valence-corrected chi connectivity index (χ0v) is 6.50. The van der Waals surface area contributed by atoms with Gasteiger partial charge in [0.15, 0.2) is 0 Å². The van der Waals surface area contributed by atoms with Gasteiger partial charge < -0.3 is 10.4 Å². The van der Waals surface area contributed by atoms with E-state index >= 15 is 0 Å². The summed E-state index contributed by atoms with van der Waals surface area (Å²) in [4.78, 5) is 11.3. The van der Waals surface area contributed by atoms with Crippen molar-refractivity contribution in [1.82, 2.24) is 10.2 Å². The third kappa shape index (κ3) is 1.51. The summed E-state index contributed by atoms with van der Waals surface area (Å²) in [6.45, 7) is 0. The lowest BCUT2D eigenvalue weighted by molar-refractivity contribution is 0.174. The van der Waals surface area contributed by atoms with Crippen molar-refractivity contribution in [2.75, 3.05) is 0 Å². The minimum Gasteiger partial charge on any atom is -0.464 e. The number of hydrogen-bond acceptors (Lipinski definition) is 2. The highest BCUT2D eigenvalue weighted by molar-refractivity contribution is 9.11.